The van der Waals surface area contributed by atoms with Gasteiger partial charge in [-0.05, 0) is 143 Å². The molecule has 0 amide bonds. The maximum Gasteiger partial charge on any atom is 0.0494 e. The second-order valence-electron chi connectivity index (χ2n) is 17.2. The van der Waals surface area contributed by atoms with Gasteiger partial charge in [0.05, 0.1) is 0 Å². The molecule has 0 saturated heterocycles. The van der Waals surface area contributed by atoms with Crippen LogP contribution in [0, 0.1) is 0 Å². The van der Waals surface area contributed by atoms with E-state index in [4.69, 9.17) is 0 Å². The lowest BCUT2D eigenvalue weighted by molar-refractivity contribution is 1.01. The predicted molar refractivity (Wildman–Crippen MR) is 280 cm³/mol. The second kappa shape index (κ2) is 16.2. The van der Waals surface area contributed by atoms with Crippen molar-refractivity contribution in [3.8, 4) is 33.4 Å². The second-order valence-corrected chi connectivity index (χ2v) is 17.2. The number of fused-ring (bicyclic) bond motifs is 6. The maximum atomic E-state index is 2.38. The molecule has 2 heterocycles. The van der Waals surface area contributed by atoms with Gasteiger partial charge in [-0.2, -0.15) is 0 Å². The molecule has 12 rings (SSSR count). The van der Waals surface area contributed by atoms with Crippen LogP contribution in [0.1, 0.15) is 0 Å². The van der Waals surface area contributed by atoms with E-state index in [1.165, 1.54) is 43.6 Å². The predicted octanol–water partition coefficient (Wildman–Crippen LogP) is 16.9. The third-order valence-corrected chi connectivity index (χ3v) is 13.2. The monoisotopic (exact) mass is 846 g/mol. The van der Waals surface area contributed by atoms with E-state index in [1.807, 2.05) is 0 Å². The lowest BCUT2D eigenvalue weighted by atomic mass is 9.93. The van der Waals surface area contributed by atoms with Gasteiger partial charge in [0.15, 0.2) is 0 Å². The first-order valence-electron chi connectivity index (χ1n) is 22.6. The first-order chi connectivity index (χ1) is 32.6. The Balaban J connectivity index is 1.13. The number of aryl methyl sites for hydroxylation is 2. The van der Waals surface area contributed by atoms with Crippen LogP contribution in [0.25, 0.3) is 77.0 Å². The number of benzene rings is 10. The average Bonchev–Trinajstić information content (AvgIpc) is 3.84. The van der Waals surface area contributed by atoms with Gasteiger partial charge in [-0.25, -0.2) is 0 Å². The van der Waals surface area contributed by atoms with Gasteiger partial charge in [0.1, 0.15) is 0 Å². The summed E-state index contributed by atoms with van der Waals surface area (Å²) >= 11 is 0. The van der Waals surface area contributed by atoms with Gasteiger partial charge in [0.2, 0.25) is 0 Å². The van der Waals surface area contributed by atoms with E-state index in [0.717, 1.165) is 67.5 Å². The van der Waals surface area contributed by atoms with E-state index >= 15 is 0 Å². The highest BCUT2D eigenvalue weighted by Crippen LogP contribution is 2.44. The van der Waals surface area contributed by atoms with Gasteiger partial charge >= 0.3 is 0 Å². The number of hydrogen-bond donors (Lipinski definition) is 0. The summed E-state index contributed by atoms with van der Waals surface area (Å²) in [5.41, 5.74) is 18.2. The summed E-state index contributed by atoms with van der Waals surface area (Å²) in [7, 11) is 4.35. The molecule has 0 fully saturated rings. The molecule has 0 N–H and O–H groups in total. The Morgan fingerprint density at radius 3 is 0.864 bits per heavy atom. The van der Waals surface area contributed by atoms with Crippen molar-refractivity contribution >= 4 is 77.7 Å². The molecule has 0 spiro atoms. The smallest absolute Gasteiger partial charge is 0.0494 e. The highest BCUT2D eigenvalue weighted by Gasteiger charge is 2.20. The van der Waals surface area contributed by atoms with Gasteiger partial charge < -0.3 is 18.9 Å². The zero-order valence-electron chi connectivity index (χ0n) is 36.9. The van der Waals surface area contributed by atoms with E-state index in [2.05, 4.69) is 276 Å². The fourth-order valence-electron chi connectivity index (χ4n) is 10.0. The number of rotatable bonds is 9. The molecule has 0 unspecified atom stereocenters. The van der Waals surface area contributed by atoms with Crippen molar-refractivity contribution in [3.05, 3.63) is 243 Å². The van der Waals surface area contributed by atoms with E-state index in [-0.39, 0.29) is 0 Å². The number of para-hydroxylation sites is 6. The van der Waals surface area contributed by atoms with E-state index in [1.54, 1.807) is 0 Å². The number of aromatic nitrogens is 2. The van der Waals surface area contributed by atoms with Crippen LogP contribution in [-0.4, -0.2) is 9.13 Å². The molecule has 0 aliphatic carbocycles. The number of hydrogen-bond acceptors (Lipinski definition) is 2. The molecule has 314 valence electrons. The zero-order valence-corrected chi connectivity index (χ0v) is 36.9. The third-order valence-electron chi connectivity index (χ3n) is 13.2. The molecule has 10 aromatic carbocycles. The maximum absolute atomic E-state index is 2.38. The minimum absolute atomic E-state index is 1.07. The van der Waals surface area contributed by atoms with Gasteiger partial charge in [0, 0.05) is 91.8 Å². The van der Waals surface area contributed by atoms with Crippen molar-refractivity contribution < 1.29 is 0 Å². The normalized spacial score (nSPS) is 11.5. The van der Waals surface area contributed by atoms with Crippen molar-refractivity contribution in [1.29, 1.82) is 0 Å². The van der Waals surface area contributed by atoms with E-state index in [0.29, 0.717) is 0 Å². The van der Waals surface area contributed by atoms with Crippen LogP contribution in [-0.2, 0) is 14.1 Å². The van der Waals surface area contributed by atoms with Crippen LogP contribution in [0.2, 0.25) is 0 Å². The van der Waals surface area contributed by atoms with E-state index in [9.17, 15) is 0 Å². The Morgan fingerprint density at radius 2 is 0.515 bits per heavy atom. The van der Waals surface area contributed by atoms with Crippen molar-refractivity contribution in [2.75, 3.05) is 9.80 Å². The Hall–Kier alpha value is -8.60. The highest BCUT2D eigenvalue weighted by molar-refractivity contribution is 6.10. The molecule has 12 aromatic rings. The third kappa shape index (κ3) is 6.79. The minimum atomic E-state index is 1.07. The van der Waals surface area contributed by atoms with Crippen molar-refractivity contribution in [2.45, 2.75) is 0 Å². The summed E-state index contributed by atoms with van der Waals surface area (Å²) in [6.45, 7) is 0. The zero-order chi connectivity index (χ0) is 44.1. The van der Waals surface area contributed by atoms with Gasteiger partial charge in [0.25, 0.3) is 0 Å². The van der Waals surface area contributed by atoms with Crippen LogP contribution in [0.3, 0.4) is 0 Å². The van der Waals surface area contributed by atoms with Crippen molar-refractivity contribution in [3.63, 3.8) is 0 Å². The fourth-order valence-corrected chi connectivity index (χ4v) is 10.0. The van der Waals surface area contributed by atoms with Crippen LogP contribution in [0.5, 0.6) is 0 Å². The summed E-state index contributed by atoms with van der Waals surface area (Å²) in [5.74, 6) is 0. The molecule has 0 saturated carbocycles. The molecule has 0 bridgehead atoms. The van der Waals surface area contributed by atoms with Crippen LogP contribution in [0.4, 0.5) is 34.1 Å². The summed E-state index contributed by atoms with van der Waals surface area (Å²) in [5, 5.41) is 5.04. The Kier molecular flexibility index (Phi) is 9.57. The fraction of sp³-hybridized carbons (Fsp3) is 0.0323. The molecule has 4 heteroatoms. The highest BCUT2D eigenvalue weighted by atomic mass is 15.1. The molecule has 2 aromatic heterocycles. The molecule has 66 heavy (non-hydrogen) atoms. The molecular formula is C62H46N4. The van der Waals surface area contributed by atoms with Gasteiger partial charge in [-0.15, -0.1) is 0 Å². The molecule has 0 radical (unpaired) electrons. The quantitative estimate of drug-likeness (QED) is 0.144. The molecular weight excluding hydrogens is 801 g/mol. The molecule has 0 aliphatic rings. The van der Waals surface area contributed by atoms with Crippen LogP contribution >= 0.6 is 0 Å². The van der Waals surface area contributed by atoms with Crippen molar-refractivity contribution in [1.82, 2.24) is 9.13 Å². The topological polar surface area (TPSA) is 16.3 Å². The largest absolute Gasteiger partial charge is 0.344 e. The van der Waals surface area contributed by atoms with Crippen LogP contribution < -0.4 is 9.80 Å². The standard InChI is InChI=1S/C62H46N4/c1-63-59-29-17-15-27-55(59)57-33-31-43(41-61(57)63)45-35-47(39-53(37-45)65(49-19-7-3-8-20-49)50-21-9-4-10-22-50)48-36-46(44-32-34-58-56-28-16-18-30-60(56)64(2)62(58)42-44)38-54(40-48)66(51-23-11-5-12-24-51)52-25-13-6-14-26-52/h3-42H,1-2H3. The molecule has 0 aliphatic heterocycles. The van der Waals surface area contributed by atoms with Gasteiger partial charge in [-0.1, -0.05) is 133 Å². The van der Waals surface area contributed by atoms with Crippen LogP contribution in [0.15, 0.2) is 243 Å². The Bertz CT molecular complexity index is 3390. The average molecular weight is 847 g/mol. The lowest BCUT2D eigenvalue weighted by Crippen LogP contribution is -2.11. The summed E-state index contributed by atoms with van der Waals surface area (Å²) in [6.07, 6.45) is 0. The lowest BCUT2D eigenvalue weighted by Gasteiger charge is -2.28. The first-order valence-corrected chi connectivity index (χ1v) is 22.6. The van der Waals surface area contributed by atoms with E-state index < -0.39 is 0 Å². The Labute approximate surface area is 385 Å². The SMILES string of the molecule is Cn1c2ccccc2c2ccc(-c3cc(-c4cc(-c5ccc6c7ccccc7n(C)c6c5)cc(N(c5ccccc5)c5ccccc5)c4)cc(N(c4ccccc4)c4ccccc4)c3)cc21. The van der Waals surface area contributed by atoms with Crippen molar-refractivity contribution in [2.24, 2.45) is 14.1 Å². The summed E-state index contributed by atoms with van der Waals surface area (Å²) in [4.78, 5) is 4.75. The molecule has 4 nitrogen and oxygen atoms in total. The first kappa shape index (κ1) is 39.0. The Morgan fingerprint density at radius 1 is 0.227 bits per heavy atom. The summed E-state index contributed by atoms with van der Waals surface area (Å²) in [6, 6.07) is 88.3. The minimum Gasteiger partial charge on any atom is -0.344 e. The molecule has 0 atom stereocenters. The number of nitrogens with zero attached hydrogens (tertiary/aromatic N) is 4. The number of anilines is 6. The van der Waals surface area contributed by atoms with Gasteiger partial charge in [-0.3, -0.25) is 0 Å². The summed E-state index contributed by atoms with van der Waals surface area (Å²) < 4.78 is 4.65.